The van der Waals surface area contributed by atoms with Crippen LogP contribution in [0.3, 0.4) is 0 Å². The second-order valence-electron chi connectivity index (χ2n) is 20.3. The average Bonchev–Trinajstić information content (AvgIpc) is 3.24. The Labute approximate surface area is 392 Å². The van der Waals surface area contributed by atoms with Crippen molar-refractivity contribution in [2.75, 3.05) is 40.9 Å². The van der Waals surface area contributed by atoms with Crippen molar-refractivity contribution in [3.05, 3.63) is 12.2 Å². The fourth-order valence-electron chi connectivity index (χ4n) is 8.39. The number of nitrogens with one attached hydrogen (secondary N) is 1. The predicted molar refractivity (Wildman–Crippen MR) is 270 cm³/mol. The maximum absolute atomic E-state index is 12.9. The summed E-state index contributed by atoms with van der Waals surface area (Å²) in [4.78, 5) is 25.3. The number of likely N-dealkylation sites (N-methyl/N-ethyl adjacent to an activating group) is 1. The number of quaternary nitrogens is 1. The van der Waals surface area contributed by atoms with Crippen LogP contribution < -0.4 is 10.2 Å². The Morgan fingerprint density at radius 3 is 1.19 bits per heavy atom. The quantitative estimate of drug-likeness (QED) is 0.0272. The number of hydrogen-bond donors (Lipinski definition) is 2. The summed E-state index contributed by atoms with van der Waals surface area (Å²) in [5.41, 5.74) is 0. The van der Waals surface area contributed by atoms with Crippen LogP contribution in [-0.2, 0) is 18.4 Å². The zero-order valence-corrected chi connectivity index (χ0v) is 43.7. The van der Waals surface area contributed by atoms with Crippen LogP contribution in [0.4, 0.5) is 0 Å². The summed E-state index contributed by atoms with van der Waals surface area (Å²) in [5, 5.41) is 13.7. The number of phosphoric acid groups is 1. The van der Waals surface area contributed by atoms with Gasteiger partial charge in [-0.3, -0.25) is 9.36 Å². The number of hydrogen-bond acceptors (Lipinski definition) is 6. The summed E-state index contributed by atoms with van der Waals surface area (Å²) in [6.07, 6.45) is 56.1. The largest absolute Gasteiger partial charge is 0.756 e. The van der Waals surface area contributed by atoms with Crippen LogP contribution in [0.5, 0.6) is 0 Å². The van der Waals surface area contributed by atoms with Gasteiger partial charge in [-0.2, -0.15) is 0 Å². The maximum atomic E-state index is 12.9. The lowest BCUT2D eigenvalue weighted by molar-refractivity contribution is -0.870. The zero-order chi connectivity index (χ0) is 46.4. The number of carbonyl (C=O) groups is 1. The van der Waals surface area contributed by atoms with Gasteiger partial charge >= 0.3 is 0 Å². The van der Waals surface area contributed by atoms with Crippen molar-refractivity contribution in [1.82, 2.24) is 5.32 Å². The molecule has 0 aromatic rings. The number of unbranched alkanes of at least 4 members (excludes halogenated alkanes) is 38. The van der Waals surface area contributed by atoms with Crippen molar-refractivity contribution in [3.8, 4) is 0 Å². The molecule has 1 amide bonds. The molecular weight excluding hydrogens is 804 g/mol. The Morgan fingerprint density at radius 1 is 0.540 bits per heavy atom. The third-order valence-electron chi connectivity index (χ3n) is 12.7. The van der Waals surface area contributed by atoms with Crippen molar-refractivity contribution in [3.63, 3.8) is 0 Å². The molecule has 0 aliphatic rings. The number of aliphatic hydroxyl groups is 1. The second kappa shape index (κ2) is 46.4. The highest BCUT2D eigenvalue weighted by molar-refractivity contribution is 7.45. The molecule has 0 aliphatic carbocycles. The normalized spacial score (nSPS) is 14.1. The molecule has 0 aromatic carbocycles. The highest BCUT2D eigenvalue weighted by atomic mass is 31.2. The molecular formula is C54H109N2O6P. The van der Waals surface area contributed by atoms with Crippen molar-refractivity contribution in [2.45, 2.75) is 289 Å². The first-order valence-corrected chi connectivity index (χ1v) is 29.0. The molecule has 8 nitrogen and oxygen atoms in total. The summed E-state index contributed by atoms with van der Waals surface area (Å²) < 4.78 is 23.2. The van der Waals surface area contributed by atoms with Gasteiger partial charge in [0, 0.05) is 6.42 Å². The summed E-state index contributed by atoms with van der Waals surface area (Å²) in [7, 11) is 1.27. The van der Waals surface area contributed by atoms with E-state index in [9.17, 15) is 19.4 Å². The number of allylic oxidation sites excluding steroid dienone is 1. The van der Waals surface area contributed by atoms with Crippen molar-refractivity contribution >= 4 is 13.7 Å². The number of nitrogens with zero attached hydrogens (tertiary/aromatic N) is 1. The van der Waals surface area contributed by atoms with Gasteiger partial charge in [0.1, 0.15) is 13.2 Å². The van der Waals surface area contributed by atoms with E-state index in [4.69, 9.17) is 9.05 Å². The molecule has 9 heteroatoms. The third kappa shape index (κ3) is 49.0. The molecule has 0 radical (unpaired) electrons. The Kier molecular flexibility index (Phi) is 45.8. The van der Waals surface area contributed by atoms with Crippen LogP contribution in [-0.4, -0.2) is 68.5 Å². The smallest absolute Gasteiger partial charge is 0.268 e. The molecule has 0 heterocycles. The first kappa shape index (κ1) is 62.2. The first-order valence-electron chi connectivity index (χ1n) is 27.6. The van der Waals surface area contributed by atoms with E-state index < -0.39 is 20.0 Å². The van der Waals surface area contributed by atoms with Crippen molar-refractivity contribution < 1.29 is 32.9 Å². The minimum atomic E-state index is -4.58. The molecule has 3 unspecified atom stereocenters. The summed E-state index contributed by atoms with van der Waals surface area (Å²) >= 11 is 0. The van der Waals surface area contributed by atoms with E-state index in [0.717, 1.165) is 38.5 Å². The van der Waals surface area contributed by atoms with E-state index in [-0.39, 0.29) is 19.1 Å². The van der Waals surface area contributed by atoms with Gasteiger partial charge in [-0.1, -0.05) is 264 Å². The number of rotatable bonds is 51. The summed E-state index contributed by atoms with van der Waals surface area (Å²) in [6.45, 7) is 4.63. The highest BCUT2D eigenvalue weighted by Gasteiger charge is 2.23. The van der Waals surface area contributed by atoms with Gasteiger partial charge in [-0.15, -0.1) is 0 Å². The van der Waals surface area contributed by atoms with E-state index in [0.29, 0.717) is 17.4 Å². The van der Waals surface area contributed by atoms with E-state index in [1.165, 1.54) is 218 Å². The number of aliphatic hydroxyl groups excluding tert-OH is 1. The van der Waals surface area contributed by atoms with Crippen LogP contribution >= 0.6 is 7.82 Å². The SMILES string of the molecule is CCCCCCCC/C=C/C(O)C(COP(=O)([O-])OCC[N+](C)(C)C)NC(=O)CCCCCCCCCCCCCCCCCCCCCCCCCCCCCCCCCCC. The van der Waals surface area contributed by atoms with E-state index in [2.05, 4.69) is 19.2 Å². The number of phosphoric ester groups is 1. The Morgan fingerprint density at radius 2 is 0.857 bits per heavy atom. The van der Waals surface area contributed by atoms with Gasteiger partial charge in [0.25, 0.3) is 7.82 Å². The van der Waals surface area contributed by atoms with Crippen LogP contribution in [0, 0.1) is 0 Å². The van der Waals surface area contributed by atoms with Crippen LogP contribution in [0.1, 0.15) is 277 Å². The fourth-order valence-corrected chi connectivity index (χ4v) is 9.11. The topological polar surface area (TPSA) is 108 Å². The van der Waals surface area contributed by atoms with Gasteiger partial charge < -0.3 is 28.8 Å². The molecule has 0 aliphatic heterocycles. The van der Waals surface area contributed by atoms with Gasteiger partial charge in [0.05, 0.1) is 39.9 Å². The monoisotopic (exact) mass is 913 g/mol. The van der Waals surface area contributed by atoms with Crippen LogP contribution in [0.15, 0.2) is 12.2 Å². The summed E-state index contributed by atoms with van der Waals surface area (Å²) in [6, 6.07) is -0.879. The van der Waals surface area contributed by atoms with E-state index in [1.54, 1.807) is 6.08 Å². The standard InChI is InChI=1S/C54H109N2O6P/c1-6-8-10-12-14-16-17-18-19-20-21-22-23-24-25-26-27-28-29-30-31-32-33-34-35-36-37-38-39-40-42-44-46-48-54(58)55-52(51-62-63(59,60)61-50-49-56(3,4)5)53(57)47-45-43-41-15-13-11-9-7-2/h45,47,52-53,57H,6-44,46,48-51H2,1-5H3,(H-,55,58,59,60)/b47-45+. The van der Waals surface area contributed by atoms with Crippen LogP contribution in [0.25, 0.3) is 0 Å². The zero-order valence-electron chi connectivity index (χ0n) is 42.8. The second-order valence-corrected chi connectivity index (χ2v) is 21.7. The molecule has 0 spiro atoms. The number of carbonyl (C=O) groups excluding carboxylic acids is 1. The Bertz CT molecular complexity index is 1040. The number of amides is 1. The van der Waals surface area contributed by atoms with Crippen molar-refractivity contribution in [1.29, 1.82) is 0 Å². The lowest BCUT2D eigenvalue weighted by atomic mass is 10.0. The summed E-state index contributed by atoms with van der Waals surface area (Å²) in [5.74, 6) is -0.195. The Hall–Kier alpha value is -0.760. The molecule has 0 saturated carbocycles. The molecule has 376 valence electrons. The molecule has 0 aromatic heterocycles. The molecule has 2 N–H and O–H groups in total. The van der Waals surface area contributed by atoms with Crippen molar-refractivity contribution in [2.24, 2.45) is 0 Å². The lowest BCUT2D eigenvalue weighted by Crippen LogP contribution is -2.45. The molecule has 63 heavy (non-hydrogen) atoms. The van der Waals surface area contributed by atoms with Crippen LogP contribution in [0.2, 0.25) is 0 Å². The van der Waals surface area contributed by atoms with Gasteiger partial charge in [-0.05, 0) is 19.3 Å². The third-order valence-corrected chi connectivity index (χ3v) is 13.7. The minimum Gasteiger partial charge on any atom is -0.756 e. The molecule has 0 bridgehead atoms. The molecule has 3 atom stereocenters. The van der Waals surface area contributed by atoms with E-state index >= 15 is 0 Å². The highest BCUT2D eigenvalue weighted by Crippen LogP contribution is 2.38. The van der Waals surface area contributed by atoms with E-state index in [1.807, 2.05) is 27.2 Å². The molecule has 0 saturated heterocycles. The minimum absolute atomic E-state index is 0.00173. The molecule has 0 rings (SSSR count). The van der Waals surface area contributed by atoms with Gasteiger partial charge in [0.2, 0.25) is 5.91 Å². The van der Waals surface area contributed by atoms with Gasteiger partial charge in [-0.25, -0.2) is 0 Å². The average molecular weight is 913 g/mol. The molecule has 0 fully saturated rings. The first-order chi connectivity index (χ1) is 30.5. The maximum Gasteiger partial charge on any atom is 0.268 e. The lowest BCUT2D eigenvalue weighted by Gasteiger charge is -2.29. The Balaban J connectivity index is 3.83. The van der Waals surface area contributed by atoms with Gasteiger partial charge in [0.15, 0.2) is 0 Å². The fraction of sp³-hybridized carbons (Fsp3) is 0.944. The predicted octanol–water partition coefficient (Wildman–Crippen LogP) is 15.6.